The van der Waals surface area contributed by atoms with E-state index in [9.17, 15) is 14.9 Å². The third-order valence-corrected chi connectivity index (χ3v) is 4.67. The minimum Gasteiger partial charge on any atom is -0.396 e. The number of hydrogen-bond acceptors (Lipinski definition) is 4. The Bertz CT molecular complexity index is 550. The standard InChI is InChI=1S/C14H17IN2O4/c15-13-6-5-11(17(20)21)9-12(13)14(19)16-7-1-3-10(16)4-2-8-18/h5-6,9-10,18H,1-4,7-8H2. The number of likely N-dealkylation sites (tertiary alicyclic amines) is 1. The lowest BCUT2D eigenvalue weighted by molar-refractivity contribution is -0.384. The Kier molecular flexibility index (Phi) is 5.51. The molecule has 1 N–H and O–H groups in total. The molecule has 1 aliphatic heterocycles. The lowest BCUT2D eigenvalue weighted by Crippen LogP contribution is -2.36. The summed E-state index contributed by atoms with van der Waals surface area (Å²) in [6.07, 6.45) is 3.30. The normalized spacial score (nSPS) is 18.0. The molecule has 0 aromatic heterocycles. The Morgan fingerprint density at radius 2 is 2.29 bits per heavy atom. The lowest BCUT2D eigenvalue weighted by Gasteiger charge is -2.25. The van der Waals surface area contributed by atoms with Gasteiger partial charge in [-0.1, -0.05) is 0 Å². The molecule has 1 aromatic rings. The number of carbonyl (C=O) groups is 1. The Labute approximate surface area is 136 Å². The highest BCUT2D eigenvalue weighted by Gasteiger charge is 2.30. The average molecular weight is 404 g/mol. The number of non-ortho nitro benzene ring substituents is 1. The lowest BCUT2D eigenvalue weighted by atomic mass is 10.1. The molecule has 0 saturated carbocycles. The number of amides is 1. The molecule has 2 rings (SSSR count). The van der Waals surface area contributed by atoms with E-state index < -0.39 is 4.92 Å². The van der Waals surface area contributed by atoms with Crippen LogP contribution in [0.5, 0.6) is 0 Å². The van der Waals surface area contributed by atoms with Crippen LogP contribution in [-0.4, -0.2) is 40.0 Å². The van der Waals surface area contributed by atoms with Crippen molar-refractivity contribution in [1.29, 1.82) is 0 Å². The van der Waals surface area contributed by atoms with E-state index in [0.29, 0.717) is 18.5 Å². The SMILES string of the molecule is O=C(c1cc([N+](=O)[O-])ccc1I)N1CCCC1CCCO. The molecule has 6 nitrogen and oxygen atoms in total. The number of nitro groups is 1. The maximum Gasteiger partial charge on any atom is 0.270 e. The number of halogens is 1. The highest BCUT2D eigenvalue weighted by molar-refractivity contribution is 14.1. The van der Waals surface area contributed by atoms with Gasteiger partial charge in [0.25, 0.3) is 11.6 Å². The number of nitrogens with zero attached hydrogens (tertiary/aromatic N) is 2. The number of hydrogen-bond donors (Lipinski definition) is 1. The molecule has 1 atom stereocenters. The molecule has 0 radical (unpaired) electrons. The quantitative estimate of drug-likeness (QED) is 0.465. The predicted octanol–water partition coefficient (Wildman–Crippen LogP) is 2.58. The molecule has 7 heteroatoms. The smallest absolute Gasteiger partial charge is 0.270 e. The second kappa shape index (κ2) is 7.17. The van der Waals surface area contributed by atoms with Crippen molar-refractivity contribution >= 4 is 34.2 Å². The second-order valence-electron chi connectivity index (χ2n) is 5.08. The maximum absolute atomic E-state index is 12.7. The number of nitro benzene ring substituents is 1. The van der Waals surface area contributed by atoms with E-state index in [1.165, 1.54) is 12.1 Å². The zero-order valence-corrected chi connectivity index (χ0v) is 13.7. The van der Waals surface area contributed by atoms with Crippen molar-refractivity contribution in [2.45, 2.75) is 31.7 Å². The summed E-state index contributed by atoms with van der Waals surface area (Å²) in [5, 5.41) is 19.8. The topological polar surface area (TPSA) is 83.7 Å². The van der Waals surface area contributed by atoms with Gasteiger partial charge in [0.05, 0.1) is 10.5 Å². The van der Waals surface area contributed by atoms with E-state index in [-0.39, 0.29) is 24.2 Å². The van der Waals surface area contributed by atoms with Gasteiger partial charge in [-0.25, -0.2) is 0 Å². The van der Waals surface area contributed by atoms with Crippen LogP contribution in [0.25, 0.3) is 0 Å². The summed E-state index contributed by atoms with van der Waals surface area (Å²) in [6, 6.07) is 4.49. The van der Waals surface area contributed by atoms with Crippen LogP contribution in [0.4, 0.5) is 5.69 Å². The molecule has 1 fully saturated rings. The number of rotatable bonds is 5. The van der Waals surface area contributed by atoms with Crippen molar-refractivity contribution < 1.29 is 14.8 Å². The Morgan fingerprint density at radius 3 is 2.95 bits per heavy atom. The van der Waals surface area contributed by atoms with Crippen molar-refractivity contribution in [2.24, 2.45) is 0 Å². The molecule has 1 saturated heterocycles. The van der Waals surface area contributed by atoms with E-state index >= 15 is 0 Å². The molecule has 1 aromatic carbocycles. The highest BCUT2D eigenvalue weighted by atomic mass is 127. The molecule has 0 aliphatic carbocycles. The van der Waals surface area contributed by atoms with Crippen molar-refractivity contribution in [1.82, 2.24) is 4.90 Å². The fourth-order valence-corrected chi connectivity index (χ4v) is 3.24. The maximum atomic E-state index is 12.7. The number of aliphatic hydroxyl groups is 1. The van der Waals surface area contributed by atoms with Crippen LogP contribution in [0.2, 0.25) is 0 Å². The minimum absolute atomic E-state index is 0.0649. The first-order valence-electron chi connectivity index (χ1n) is 6.90. The van der Waals surface area contributed by atoms with Crippen molar-refractivity contribution in [2.75, 3.05) is 13.2 Å². The van der Waals surface area contributed by atoms with Crippen LogP contribution in [0, 0.1) is 13.7 Å². The summed E-state index contributed by atoms with van der Waals surface area (Å²) < 4.78 is 0.719. The van der Waals surface area contributed by atoms with E-state index in [1.54, 1.807) is 11.0 Å². The van der Waals surface area contributed by atoms with Crippen LogP contribution in [0.15, 0.2) is 18.2 Å². The molecule has 1 unspecified atom stereocenters. The third kappa shape index (κ3) is 3.70. The highest BCUT2D eigenvalue weighted by Crippen LogP contribution is 2.27. The molecule has 1 amide bonds. The minimum atomic E-state index is -0.486. The van der Waals surface area contributed by atoms with Gasteiger partial charge < -0.3 is 10.0 Å². The first-order chi connectivity index (χ1) is 10.0. The van der Waals surface area contributed by atoms with Crippen molar-refractivity contribution in [3.05, 3.63) is 37.4 Å². The summed E-state index contributed by atoms with van der Waals surface area (Å²) in [5.74, 6) is -0.150. The van der Waals surface area contributed by atoms with Crippen LogP contribution in [0.3, 0.4) is 0 Å². The monoisotopic (exact) mass is 404 g/mol. The summed E-state index contributed by atoms with van der Waals surface area (Å²) >= 11 is 2.03. The van der Waals surface area contributed by atoms with Crippen LogP contribution in [-0.2, 0) is 0 Å². The van der Waals surface area contributed by atoms with Crippen molar-refractivity contribution in [3.8, 4) is 0 Å². The molecular formula is C14H17IN2O4. The van der Waals surface area contributed by atoms with Crippen LogP contribution >= 0.6 is 22.6 Å². The van der Waals surface area contributed by atoms with E-state index in [2.05, 4.69) is 0 Å². The Hall–Kier alpha value is -1.22. The van der Waals surface area contributed by atoms with Crippen LogP contribution in [0.1, 0.15) is 36.0 Å². The first kappa shape index (κ1) is 16.2. The van der Waals surface area contributed by atoms with Gasteiger partial charge in [0.15, 0.2) is 0 Å². The fraction of sp³-hybridized carbons (Fsp3) is 0.500. The van der Waals surface area contributed by atoms with Gasteiger partial charge in [0.1, 0.15) is 0 Å². The molecule has 21 heavy (non-hydrogen) atoms. The van der Waals surface area contributed by atoms with E-state index in [1.807, 2.05) is 22.6 Å². The van der Waals surface area contributed by atoms with E-state index in [0.717, 1.165) is 22.8 Å². The Balaban J connectivity index is 2.22. The van der Waals surface area contributed by atoms with E-state index in [4.69, 9.17) is 5.11 Å². The van der Waals surface area contributed by atoms with Gasteiger partial charge in [-0.05, 0) is 54.3 Å². The van der Waals surface area contributed by atoms with Crippen LogP contribution < -0.4 is 0 Å². The van der Waals surface area contributed by atoms with Gasteiger partial charge in [-0.15, -0.1) is 0 Å². The molecular weight excluding hydrogens is 387 g/mol. The predicted molar refractivity (Wildman–Crippen MR) is 86.2 cm³/mol. The summed E-state index contributed by atoms with van der Waals surface area (Å²) in [7, 11) is 0. The first-order valence-corrected chi connectivity index (χ1v) is 7.98. The van der Waals surface area contributed by atoms with Gasteiger partial charge in [0, 0.05) is 34.9 Å². The number of aliphatic hydroxyl groups excluding tert-OH is 1. The largest absolute Gasteiger partial charge is 0.396 e. The zero-order chi connectivity index (χ0) is 15.4. The second-order valence-corrected chi connectivity index (χ2v) is 6.24. The molecule has 0 bridgehead atoms. The summed E-state index contributed by atoms with van der Waals surface area (Å²) in [5.41, 5.74) is 0.325. The third-order valence-electron chi connectivity index (χ3n) is 3.72. The van der Waals surface area contributed by atoms with Gasteiger partial charge >= 0.3 is 0 Å². The molecule has 1 heterocycles. The molecule has 0 spiro atoms. The molecule has 114 valence electrons. The average Bonchev–Trinajstić information content (AvgIpc) is 2.93. The number of carbonyl (C=O) groups excluding carboxylic acids is 1. The number of benzene rings is 1. The van der Waals surface area contributed by atoms with Gasteiger partial charge in [0.2, 0.25) is 0 Å². The van der Waals surface area contributed by atoms with Crippen molar-refractivity contribution in [3.63, 3.8) is 0 Å². The molecule has 1 aliphatic rings. The summed E-state index contributed by atoms with van der Waals surface area (Å²) in [4.78, 5) is 24.8. The Morgan fingerprint density at radius 1 is 1.52 bits per heavy atom. The van der Waals surface area contributed by atoms with Gasteiger partial charge in [-0.2, -0.15) is 0 Å². The van der Waals surface area contributed by atoms with Gasteiger partial charge in [-0.3, -0.25) is 14.9 Å². The fourth-order valence-electron chi connectivity index (χ4n) is 2.68. The summed E-state index contributed by atoms with van der Waals surface area (Å²) in [6.45, 7) is 0.792. The zero-order valence-electron chi connectivity index (χ0n) is 11.5.